The Bertz CT molecular complexity index is 401. The van der Waals surface area contributed by atoms with Gasteiger partial charge in [-0.25, -0.2) is 0 Å². The molecule has 1 aromatic carbocycles. The summed E-state index contributed by atoms with van der Waals surface area (Å²) in [5, 5.41) is 19.5. The molecule has 18 heavy (non-hydrogen) atoms. The van der Waals surface area contributed by atoms with E-state index in [9.17, 15) is 15.0 Å². The third-order valence-corrected chi connectivity index (χ3v) is 3.02. The van der Waals surface area contributed by atoms with Gasteiger partial charge in [-0.2, -0.15) is 0 Å². The van der Waals surface area contributed by atoms with E-state index in [1.807, 2.05) is 12.1 Å². The molecule has 100 valence electrons. The van der Waals surface area contributed by atoms with E-state index in [4.69, 9.17) is 4.74 Å². The first kappa shape index (κ1) is 14.7. The molecule has 0 bridgehead atoms. The molecule has 2 N–H and O–H groups in total. The quantitative estimate of drug-likeness (QED) is 0.814. The number of benzene rings is 1. The van der Waals surface area contributed by atoms with Crippen molar-refractivity contribution in [3.8, 4) is 0 Å². The number of aliphatic hydroxyl groups excluding tert-OH is 1. The zero-order valence-electron chi connectivity index (χ0n) is 11.0. The standard InChI is InChI=1S/C14H20O4/c1-9(2)12(14(16)17)13(15)11-7-5-4-6-10(11)8-18-3/h4-7,9,12-13,15H,8H2,1-3H3,(H,16,17). The maximum Gasteiger partial charge on any atom is 0.309 e. The number of carbonyl (C=O) groups is 1. The molecule has 0 spiro atoms. The third kappa shape index (κ3) is 3.31. The number of methoxy groups -OCH3 is 1. The molecular formula is C14H20O4. The molecule has 1 aromatic rings. The lowest BCUT2D eigenvalue weighted by atomic mass is 9.85. The minimum absolute atomic E-state index is 0.145. The van der Waals surface area contributed by atoms with Crippen LogP contribution in [0.2, 0.25) is 0 Å². The highest BCUT2D eigenvalue weighted by Crippen LogP contribution is 2.30. The molecule has 0 aliphatic carbocycles. The average molecular weight is 252 g/mol. The third-order valence-electron chi connectivity index (χ3n) is 3.02. The smallest absolute Gasteiger partial charge is 0.309 e. The van der Waals surface area contributed by atoms with Gasteiger partial charge in [-0.15, -0.1) is 0 Å². The summed E-state index contributed by atoms with van der Waals surface area (Å²) >= 11 is 0. The van der Waals surface area contributed by atoms with Gasteiger partial charge in [0.1, 0.15) is 0 Å². The predicted molar refractivity (Wildman–Crippen MR) is 68.1 cm³/mol. The van der Waals surface area contributed by atoms with Crippen LogP contribution in [0.5, 0.6) is 0 Å². The van der Waals surface area contributed by atoms with Crippen LogP contribution in [0.1, 0.15) is 31.1 Å². The predicted octanol–water partition coefficient (Wildman–Crippen LogP) is 2.22. The van der Waals surface area contributed by atoms with Crippen molar-refractivity contribution < 1.29 is 19.7 Å². The lowest BCUT2D eigenvalue weighted by Gasteiger charge is -2.24. The number of aliphatic hydroxyl groups is 1. The van der Waals surface area contributed by atoms with Crippen molar-refractivity contribution in [3.05, 3.63) is 35.4 Å². The fraction of sp³-hybridized carbons (Fsp3) is 0.500. The number of hydrogen-bond acceptors (Lipinski definition) is 3. The molecule has 0 saturated carbocycles. The second kappa shape index (κ2) is 6.52. The lowest BCUT2D eigenvalue weighted by molar-refractivity contribution is -0.148. The molecule has 0 radical (unpaired) electrons. The van der Waals surface area contributed by atoms with Gasteiger partial charge in [-0.3, -0.25) is 4.79 Å². The Hall–Kier alpha value is -1.39. The van der Waals surface area contributed by atoms with Crippen LogP contribution in [0, 0.1) is 11.8 Å². The summed E-state index contributed by atoms with van der Waals surface area (Å²) in [7, 11) is 1.57. The highest BCUT2D eigenvalue weighted by molar-refractivity contribution is 5.71. The van der Waals surface area contributed by atoms with Crippen LogP contribution in [0.3, 0.4) is 0 Å². The molecule has 0 heterocycles. The van der Waals surface area contributed by atoms with Crippen molar-refractivity contribution in [2.24, 2.45) is 11.8 Å². The second-order valence-corrected chi connectivity index (χ2v) is 4.68. The van der Waals surface area contributed by atoms with Crippen LogP contribution < -0.4 is 0 Å². The number of carboxylic acid groups (broad SMARTS) is 1. The Morgan fingerprint density at radius 2 is 1.94 bits per heavy atom. The Morgan fingerprint density at radius 3 is 2.44 bits per heavy atom. The minimum atomic E-state index is -1.02. The Balaban J connectivity index is 3.08. The fourth-order valence-electron chi connectivity index (χ4n) is 2.09. The van der Waals surface area contributed by atoms with Crippen LogP contribution in [0.15, 0.2) is 24.3 Å². The van der Waals surface area contributed by atoms with Gasteiger partial charge in [-0.1, -0.05) is 38.1 Å². The first-order chi connectivity index (χ1) is 8.49. The van der Waals surface area contributed by atoms with E-state index in [0.29, 0.717) is 12.2 Å². The molecule has 4 heteroatoms. The summed E-state index contributed by atoms with van der Waals surface area (Å²) in [6.45, 7) is 3.94. The van der Waals surface area contributed by atoms with E-state index in [1.54, 1.807) is 33.1 Å². The minimum Gasteiger partial charge on any atom is -0.481 e. The van der Waals surface area contributed by atoms with Gasteiger partial charge in [0.2, 0.25) is 0 Å². The Labute approximate surface area is 107 Å². The van der Waals surface area contributed by atoms with Gasteiger partial charge in [0.15, 0.2) is 0 Å². The first-order valence-electron chi connectivity index (χ1n) is 5.96. The highest BCUT2D eigenvalue weighted by atomic mass is 16.5. The molecule has 0 aliphatic rings. The van der Waals surface area contributed by atoms with Crippen molar-refractivity contribution in [3.63, 3.8) is 0 Å². The van der Waals surface area contributed by atoms with Gasteiger partial charge in [0.25, 0.3) is 0 Å². The average Bonchev–Trinajstić information content (AvgIpc) is 2.29. The molecule has 0 aliphatic heterocycles. The zero-order valence-corrected chi connectivity index (χ0v) is 11.0. The SMILES string of the molecule is COCc1ccccc1C(O)C(C(=O)O)C(C)C. The van der Waals surface area contributed by atoms with Crippen LogP contribution in [-0.2, 0) is 16.1 Å². The lowest BCUT2D eigenvalue weighted by Crippen LogP contribution is -2.27. The molecule has 0 aromatic heterocycles. The largest absolute Gasteiger partial charge is 0.481 e. The summed E-state index contributed by atoms with van der Waals surface area (Å²) < 4.78 is 5.06. The number of aliphatic carboxylic acids is 1. The number of hydrogen-bond donors (Lipinski definition) is 2. The summed E-state index contributed by atoms with van der Waals surface area (Å²) in [6.07, 6.45) is -1.02. The molecule has 0 fully saturated rings. The summed E-state index contributed by atoms with van der Waals surface area (Å²) in [6, 6.07) is 7.21. The fourth-order valence-corrected chi connectivity index (χ4v) is 2.09. The zero-order chi connectivity index (χ0) is 13.7. The van der Waals surface area contributed by atoms with Crippen LogP contribution in [0.25, 0.3) is 0 Å². The maximum atomic E-state index is 11.2. The molecule has 2 unspecified atom stereocenters. The number of ether oxygens (including phenoxy) is 1. The van der Waals surface area contributed by atoms with Crippen LogP contribution in [-0.4, -0.2) is 23.3 Å². The maximum absolute atomic E-state index is 11.2. The molecule has 1 rings (SSSR count). The summed E-state index contributed by atoms with van der Waals surface area (Å²) in [5.74, 6) is -1.94. The summed E-state index contributed by atoms with van der Waals surface area (Å²) in [4.78, 5) is 11.2. The normalized spacial score (nSPS) is 14.5. The number of rotatable bonds is 6. The van der Waals surface area contributed by atoms with E-state index < -0.39 is 18.0 Å². The molecule has 0 saturated heterocycles. The van der Waals surface area contributed by atoms with Crippen molar-refractivity contribution in [2.75, 3.05) is 7.11 Å². The second-order valence-electron chi connectivity index (χ2n) is 4.68. The van der Waals surface area contributed by atoms with E-state index in [0.717, 1.165) is 5.56 Å². The monoisotopic (exact) mass is 252 g/mol. The van der Waals surface area contributed by atoms with Crippen LogP contribution in [0.4, 0.5) is 0 Å². The van der Waals surface area contributed by atoms with Crippen molar-refractivity contribution >= 4 is 5.97 Å². The topological polar surface area (TPSA) is 66.8 Å². The molecule has 0 amide bonds. The van der Waals surface area contributed by atoms with Gasteiger partial charge < -0.3 is 14.9 Å². The molecule has 4 nitrogen and oxygen atoms in total. The van der Waals surface area contributed by atoms with Crippen molar-refractivity contribution in [1.82, 2.24) is 0 Å². The van der Waals surface area contributed by atoms with Crippen LogP contribution >= 0.6 is 0 Å². The molecule has 2 atom stereocenters. The summed E-state index contributed by atoms with van der Waals surface area (Å²) in [5.41, 5.74) is 1.44. The van der Waals surface area contributed by atoms with E-state index >= 15 is 0 Å². The van der Waals surface area contributed by atoms with E-state index in [-0.39, 0.29) is 5.92 Å². The number of carboxylic acids is 1. The Morgan fingerprint density at radius 1 is 1.33 bits per heavy atom. The van der Waals surface area contributed by atoms with E-state index in [1.165, 1.54) is 0 Å². The highest BCUT2D eigenvalue weighted by Gasteiger charge is 2.31. The van der Waals surface area contributed by atoms with Gasteiger partial charge >= 0.3 is 5.97 Å². The molecular weight excluding hydrogens is 232 g/mol. The van der Waals surface area contributed by atoms with Crippen molar-refractivity contribution in [1.29, 1.82) is 0 Å². The van der Waals surface area contributed by atoms with Gasteiger partial charge in [-0.05, 0) is 17.0 Å². The van der Waals surface area contributed by atoms with Gasteiger partial charge in [0, 0.05) is 7.11 Å². The first-order valence-corrected chi connectivity index (χ1v) is 5.96. The van der Waals surface area contributed by atoms with Crippen molar-refractivity contribution in [2.45, 2.75) is 26.6 Å². The van der Waals surface area contributed by atoms with E-state index in [2.05, 4.69) is 0 Å². The Kier molecular flexibility index (Phi) is 5.31. The van der Waals surface area contributed by atoms with Gasteiger partial charge in [0.05, 0.1) is 18.6 Å².